The van der Waals surface area contributed by atoms with Crippen LogP contribution in [0.2, 0.25) is 0 Å². The fourth-order valence-corrected chi connectivity index (χ4v) is 4.67. The van der Waals surface area contributed by atoms with Gasteiger partial charge in [0.2, 0.25) is 10.0 Å². The number of hydrogen-bond acceptors (Lipinski definition) is 5. The highest BCUT2D eigenvalue weighted by molar-refractivity contribution is 7.89. The van der Waals surface area contributed by atoms with Crippen LogP contribution in [0.5, 0.6) is 0 Å². The van der Waals surface area contributed by atoms with Crippen molar-refractivity contribution in [2.45, 2.75) is 23.8 Å². The maximum Gasteiger partial charge on any atom is 0.252 e. The molecule has 0 aliphatic carbocycles. The first-order valence-corrected chi connectivity index (χ1v) is 9.79. The van der Waals surface area contributed by atoms with E-state index < -0.39 is 15.8 Å². The highest BCUT2D eigenvalue weighted by atomic mass is 32.2. The lowest BCUT2D eigenvalue weighted by Gasteiger charge is -2.31. The summed E-state index contributed by atoms with van der Waals surface area (Å²) in [6.07, 6.45) is 3.13. The number of amides is 1. The van der Waals surface area contributed by atoms with Gasteiger partial charge in [0.25, 0.3) is 5.91 Å². The number of thiophene rings is 1. The minimum atomic E-state index is -3.76. The predicted molar refractivity (Wildman–Crippen MR) is 87.8 cm³/mol. The number of piperidine rings is 1. The molecular formula is C15H16FN3O3S2. The standard InChI is InChI=1S/C15H16FN3O3S2/c16-12-7-14(9-17-8-12)24(21,22)19-4-1-13(2-5-19)18-15(20)11-3-6-23-10-11/h3,6-10,13H,1-2,4-5H2,(H,18,20). The second kappa shape index (κ2) is 6.96. The third kappa shape index (κ3) is 3.63. The van der Waals surface area contributed by atoms with Gasteiger partial charge in [0, 0.05) is 36.3 Å². The van der Waals surface area contributed by atoms with Crippen molar-refractivity contribution in [2.24, 2.45) is 0 Å². The van der Waals surface area contributed by atoms with E-state index >= 15 is 0 Å². The van der Waals surface area contributed by atoms with Gasteiger partial charge in [0.1, 0.15) is 10.7 Å². The molecule has 1 N–H and O–H groups in total. The maximum absolute atomic E-state index is 13.2. The van der Waals surface area contributed by atoms with E-state index in [0.29, 0.717) is 18.4 Å². The van der Waals surface area contributed by atoms with Crippen molar-refractivity contribution in [3.8, 4) is 0 Å². The Morgan fingerprint density at radius 1 is 1.33 bits per heavy atom. The minimum Gasteiger partial charge on any atom is -0.349 e. The normalized spacial score (nSPS) is 16.9. The van der Waals surface area contributed by atoms with Gasteiger partial charge < -0.3 is 5.32 Å². The summed E-state index contributed by atoms with van der Waals surface area (Å²) in [6, 6.07) is 2.64. The molecule has 1 saturated heterocycles. The molecule has 0 saturated carbocycles. The zero-order chi connectivity index (χ0) is 17.2. The van der Waals surface area contributed by atoms with E-state index in [1.807, 2.05) is 5.38 Å². The topological polar surface area (TPSA) is 79.4 Å². The Bertz CT molecular complexity index is 816. The van der Waals surface area contributed by atoms with E-state index in [4.69, 9.17) is 0 Å². The summed E-state index contributed by atoms with van der Waals surface area (Å²) >= 11 is 1.45. The summed E-state index contributed by atoms with van der Waals surface area (Å²) in [5, 5.41) is 6.52. The van der Waals surface area contributed by atoms with Gasteiger partial charge in [0.15, 0.2) is 0 Å². The summed E-state index contributed by atoms with van der Waals surface area (Å²) in [5.41, 5.74) is 0.612. The number of halogens is 1. The molecule has 1 aliphatic rings. The van der Waals surface area contributed by atoms with Crippen molar-refractivity contribution in [1.29, 1.82) is 0 Å². The second-order valence-corrected chi connectivity index (χ2v) is 8.22. The van der Waals surface area contributed by atoms with Crippen LogP contribution in [0.25, 0.3) is 0 Å². The van der Waals surface area contributed by atoms with E-state index in [9.17, 15) is 17.6 Å². The molecule has 1 amide bonds. The van der Waals surface area contributed by atoms with Crippen LogP contribution in [0.15, 0.2) is 40.2 Å². The lowest BCUT2D eigenvalue weighted by Crippen LogP contribution is -2.46. The van der Waals surface area contributed by atoms with Crippen LogP contribution < -0.4 is 5.32 Å². The van der Waals surface area contributed by atoms with Crippen molar-refractivity contribution >= 4 is 27.3 Å². The lowest BCUT2D eigenvalue weighted by atomic mass is 10.1. The number of aromatic nitrogens is 1. The highest BCUT2D eigenvalue weighted by Gasteiger charge is 2.30. The molecule has 0 aromatic carbocycles. The fourth-order valence-electron chi connectivity index (χ4n) is 2.59. The van der Waals surface area contributed by atoms with Crippen LogP contribution in [0.1, 0.15) is 23.2 Å². The third-order valence-corrected chi connectivity index (χ3v) is 6.44. The molecule has 128 valence electrons. The number of hydrogen-bond donors (Lipinski definition) is 1. The van der Waals surface area contributed by atoms with E-state index in [1.165, 1.54) is 15.6 Å². The number of nitrogens with zero attached hydrogens (tertiary/aromatic N) is 2. The SMILES string of the molecule is O=C(NC1CCN(S(=O)(=O)c2cncc(F)c2)CC1)c1ccsc1. The molecule has 3 heterocycles. The molecule has 2 aromatic rings. The monoisotopic (exact) mass is 369 g/mol. The molecule has 24 heavy (non-hydrogen) atoms. The minimum absolute atomic E-state index is 0.0746. The van der Waals surface area contributed by atoms with Gasteiger partial charge >= 0.3 is 0 Å². The average molecular weight is 369 g/mol. The molecule has 6 nitrogen and oxygen atoms in total. The largest absolute Gasteiger partial charge is 0.349 e. The number of sulfonamides is 1. The molecule has 9 heteroatoms. The number of carbonyl (C=O) groups is 1. The van der Waals surface area contributed by atoms with Crippen LogP contribution >= 0.6 is 11.3 Å². The average Bonchev–Trinajstić information content (AvgIpc) is 3.10. The predicted octanol–water partition coefficient (Wildman–Crippen LogP) is 1.87. The molecule has 0 unspecified atom stereocenters. The van der Waals surface area contributed by atoms with Crippen molar-refractivity contribution < 1.29 is 17.6 Å². The van der Waals surface area contributed by atoms with Crippen molar-refractivity contribution in [2.75, 3.05) is 13.1 Å². The van der Waals surface area contributed by atoms with Gasteiger partial charge in [-0.2, -0.15) is 15.6 Å². The molecule has 0 radical (unpaired) electrons. The highest BCUT2D eigenvalue weighted by Crippen LogP contribution is 2.21. The van der Waals surface area contributed by atoms with Crippen LogP contribution in [0.3, 0.4) is 0 Å². The summed E-state index contributed by atoms with van der Waals surface area (Å²) in [5.74, 6) is -0.833. The molecule has 1 aliphatic heterocycles. The van der Waals surface area contributed by atoms with Gasteiger partial charge in [-0.1, -0.05) is 0 Å². The molecule has 0 bridgehead atoms. The van der Waals surface area contributed by atoms with E-state index in [2.05, 4.69) is 10.3 Å². The first-order valence-electron chi connectivity index (χ1n) is 7.40. The number of carbonyl (C=O) groups excluding carboxylic acids is 1. The summed E-state index contributed by atoms with van der Waals surface area (Å²) in [6.45, 7) is 0.543. The Labute approximate surface area is 143 Å². The Morgan fingerprint density at radius 3 is 2.71 bits per heavy atom. The maximum atomic E-state index is 13.2. The van der Waals surface area contributed by atoms with Crippen LogP contribution in [0, 0.1) is 5.82 Å². The molecule has 0 spiro atoms. The van der Waals surface area contributed by atoms with Crippen molar-refractivity contribution in [1.82, 2.24) is 14.6 Å². The number of nitrogens with one attached hydrogen (secondary N) is 1. The van der Waals surface area contributed by atoms with Crippen molar-refractivity contribution in [3.05, 3.63) is 46.7 Å². The van der Waals surface area contributed by atoms with Gasteiger partial charge in [-0.25, -0.2) is 12.8 Å². The Kier molecular flexibility index (Phi) is 4.93. The summed E-state index contributed by atoms with van der Waals surface area (Å²) in [7, 11) is -3.76. The van der Waals surface area contributed by atoms with Crippen molar-refractivity contribution in [3.63, 3.8) is 0 Å². The Hall–Kier alpha value is -1.84. The zero-order valence-corrected chi connectivity index (χ0v) is 14.3. The molecule has 3 rings (SSSR count). The van der Waals surface area contributed by atoms with E-state index in [-0.39, 0.29) is 29.9 Å². The number of pyridine rings is 1. The smallest absolute Gasteiger partial charge is 0.252 e. The summed E-state index contributed by atoms with van der Waals surface area (Å²) < 4.78 is 39.5. The lowest BCUT2D eigenvalue weighted by molar-refractivity contribution is 0.0924. The first-order chi connectivity index (χ1) is 11.5. The van der Waals surface area contributed by atoms with Gasteiger partial charge in [-0.05, 0) is 30.4 Å². The number of rotatable bonds is 4. The Morgan fingerprint density at radius 2 is 2.08 bits per heavy atom. The second-order valence-electron chi connectivity index (χ2n) is 5.50. The Balaban J connectivity index is 1.61. The fraction of sp³-hybridized carbons (Fsp3) is 0.333. The zero-order valence-electron chi connectivity index (χ0n) is 12.7. The van der Waals surface area contributed by atoms with Gasteiger partial charge in [-0.15, -0.1) is 0 Å². The van der Waals surface area contributed by atoms with Gasteiger partial charge in [-0.3, -0.25) is 9.78 Å². The third-order valence-electron chi connectivity index (χ3n) is 3.89. The molecular weight excluding hydrogens is 353 g/mol. The first kappa shape index (κ1) is 17.0. The van der Waals surface area contributed by atoms with Crippen LogP contribution in [0.4, 0.5) is 4.39 Å². The van der Waals surface area contributed by atoms with Crippen LogP contribution in [-0.2, 0) is 10.0 Å². The molecule has 1 fully saturated rings. The molecule has 0 atom stereocenters. The molecule has 2 aromatic heterocycles. The summed E-state index contributed by atoms with van der Waals surface area (Å²) in [4.78, 5) is 15.5. The van der Waals surface area contributed by atoms with E-state index in [1.54, 1.807) is 11.4 Å². The van der Waals surface area contributed by atoms with Crippen LogP contribution in [-0.4, -0.2) is 42.7 Å². The van der Waals surface area contributed by atoms with Gasteiger partial charge in [0.05, 0.1) is 6.20 Å². The quantitative estimate of drug-likeness (QED) is 0.892. The van der Waals surface area contributed by atoms with E-state index in [0.717, 1.165) is 18.5 Å².